The van der Waals surface area contributed by atoms with Crippen molar-refractivity contribution in [3.63, 3.8) is 0 Å². The van der Waals surface area contributed by atoms with Crippen molar-refractivity contribution in [3.8, 4) is 17.2 Å². The number of ether oxygens (including phenoxy) is 2. The molecule has 3 aromatic carbocycles. The lowest BCUT2D eigenvalue weighted by atomic mass is 9.95. The molecule has 1 atom stereocenters. The van der Waals surface area contributed by atoms with Crippen molar-refractivity contribution < 1.29 is 24.2 Å². The third-order valence-electron chi connectivity index (χ3n) is 5.98. The minimum Gasteiger partial charge on any atom is -0.507 e. The Kier molecular flexibility index (Phi) is 7.94. The lowest BCUT2D eigenvalue weighted by Crippen LogP contribution is -2.35. The number of ketones is 1. The van der Waals surface area contributed by atoms with Crippen LogP contribution < -0.4 is 9.47 Å². The highest BCUT2D eigenvalue weighted by atomic mass is 16.5. The quantitative estimate of drug-likeness (QED) is 0.246. The Morgan fingerprint density at radius 3 is 2.24 bits per heavy atom. The Labute approximate surface area is 217 Å². The lowest BCUT2D eigenvalue weighted by Gasteiger charge is -2.27. The number of nitrogens with zero attached hydrogens (tertiary/aromatic N) is 2. The zero-order valence-corrected chi connectivity index (χ0v) is 21.5. The molecule has 7 nitrogen and oxygen atoms in total. The molecule has 3 aromatic rings. The van der Waals surface area contributed by atoms with E-state index in [4.69, 9.17) is 9.47 Å². The molecular weight excluding hydrogens is 468 g/mol. The van der Waals surface area contributed by atoms with Gasteiger partial charge < -0.3 is 24.4 Å². The van der Waals surface area contributed by atoms with Crippen LogP contribution in [0.2, 0.25) is 0 Å². The van der Waals surface area contributed by atoms with Gasteiger partial charge in [0.1, 0.15) is 23.0 Å². The van der Waals surface area contributed by atoms with Crippen LogP contribution in [0, 0.1) is 0 Å². The van der Waals surface area contributed by atoms with E-state index in [0.717, 1.165) is 0 Å². The highest BCUT2D eigenvalue weighted by molar-refractivity contribution is 6.46. The van der Waals surface area contributed by atoms with Crippen molar-refractivity contribution in [3.05, 3.63) is 95.6 Å². The van der Waals surface area contributed by atoms with Gasteiger partial charge in [0.2, 0.25) is 0 Å². The van der Waals surface area contributed by atoms with Crippen molar-refractivity contribution in [2.45, 2.75) is 26.0 Å². The summed E-state index contributed by atoms with van der Waals surface area (Å²) in [5.74, 6) is 0.323. The molecule has 1 heterocycles. The Morgan fingerprint density at radius 2 is 1.59 bits per heavy atom. The van der Waals surface area contributed by atoms with E-state index in [-0.39, 0.29) is 17.4 Å². The van der Waals surface area contributed by atoms with Gasteiger partial charge in [-0.15, -0.1) is 0 Å². The standard InChI is InChI=1S/C30H32N2O5/c1-20(2)36-24-15-13-21(14-16-24)28(33)26-27(32(18-17-31(3)4)30(35)29(26)34)22-9-8-12-25(19-22)37-23-10-6-5-7-11-23/h5-16,19-20,27,33H,17-18H2,1-4H3/b28-26+/t27-/m0/s1. The van der Waals surface area contributed by atoms with Gasteiger partial charge in [0.25, 0.3) is 11.7 Å². The Morgan fingerprint density at radius 1 is 0.919 bits per heavy atom. The first-order valence-corrected chi connectivity index (χ1v) is 12.3. The number of hydrogen-bond donors (Lipinski definition) is 1. The highest BCUT2D eigenvalue weighted by Gasteiger charge is 2.46. The van der Waals surface area contributed by atoms with Crippen molar-refractivity contribution >= 4 is 17.4 Å². The number of likely N-dealkylation sites (N-methyl/N-ethyl adjacent to an activating group) is 1. The molecule has 0 bridgehead atoms. The van der Waals surface area contributed by atoms with Crippen LogP contribution in [0.4, 0.5) is 0 Å². The summed E-state index contributed by atoms with van der Waals surface area (Å²) in [6, 6.07) is 22.7. The smallest absolute Gasteiger partial charge is 0.295 e. The maximum atomic E-state index is 13.3. The van der Waals surface area contributed by atoms with Crippen LogP contribution in [-0.2, 0) is 9.59 Å². The van der Waals surface area contributed by atoms with E-state index in [1.807, 2.05) is 81.4 Å². The topological polar surface area (TPSA) is 79.3 Å². The minimum atomic E-state index is -0.758. The van der Waals surface area contributed by atoms with Gasteiger partial charge in [0.15, 0.2) is 0 Å². The summed E-state index contributed by atoms with van der Waals surface area (Å²) in [7, 11) is 3.81. The summed E-state index contributed by atoms with van der Waals surface area (Å²) >= 11 is 0. The number of rotatable bonds is 9. The molecule has 0 radical (unpaired) electrons. The van der Waals surface area contributed by atoms with Crippen LogP contribution in [0.25, 0.3) is 5.76 Å². The third kappa shape index (κ3) is 6.01. The van der Waals surface area contributed by atoms with E-state index in [1.54, 1.807) is 30.3 Å². The largest absolute Gasteiger partial charge is 0.507 e. The highest BCUT2D eigenvalue weighted by Crippen LogP contribution is 2.40. The van der Waals surface area contributed by atoms with Gasteiger partial charge in [-0.3, -0.25) is 9.59 Å². The number of aliphatic hydroxyl groups excluding tert-OH is 1. The number of carbonyl (C=O) groups is 2. The van der Waals surface area contributed by atoms with Gasteiger partial charge in [-0.2, -0.15) is 0 Å². The second-order valence-corrected chi connectivity index (χ2v) is 9.47. The van der Waals surface area contributed by atoms with E-state index in [0.29, 0.717) is 41.5 Å². The van der Waals surface area contributed by atoms with Crippen molar-refractivity contribution in [2.24, 2.45) is 0 Å². The van der Waals surface area contributed by atoms with Crippen LogP contribution in [0.15, 0.2) is 84.4 Å². The SMILES string of the molecule is CC(C)Oc1ccc(/C(O)=C2\C(=O)C(=O)N(CCN(C)C)[C@H]2c2cccc(Oc3ccccc3)c2)cc1. The Balaban J connectivity index is 1.76. The molecule has 192 valence electrons. The second kappa shape index (κ2) is 11.3. The summed E-state index contributed by atoms with van der Waals surface area (Å²) < 4.78 is 11.7. The molecular formula is C30H32N2O5. The average molecular weight is 501 g/mol. The van der Waals surface area contributed by atoms with Crippen LogP contribution in [0.5, 0.6) is 17.2 Å². The van der Waals surface area contributed by atoms with Gasteiger partial charge in [-0.1, -0.05) is 30.3 Å². The maximum absolute atomic E-state index is 13.3. The first-order chi connectivity index (χ1) is 17.7. The normalized spacial score (nSPS) is 17.0. The van der Waals surface area contributed by atoms with E-state index in [1.165, 1.54) is 4.90 Å². The number of carbonyl (C=O) groups excluding carboxylic acids is 2. The molecule has 4 rings (SSSR count). The lowest BCUT2D eigenvalue weighted by molar-refractivity contribution is -0.140. The molecule has 1 aliphatic rings. The molecule has 1 aliphatic heterocycles. The fourth-order valence-electron chi connectivity index (χ4n) is 4.26. The number of likely N-dealkylation sites (tertiary alicyclic amines) is 1. The van der Waals surface area contributed by atoms with Gasteiger partial charge >= 0.3 is 0 Å². The molecule has 0 aliphatic carbocycles. The van der Waals surface area contributed by atoms with Crippen LogP contribution in [0.1, 0.15) is 31.0 Å². The second-order valence-electron chi connectivity index (χ2n) is 9.47. The Bertz CT molecular complexity index is 1280. The number of para-hydroxylation sites is 1. The predicted molar refractivity (Wildman–Crippen MR) is 143 cm³/mol. The summed E-state index contributed by atoms with van der Waals surface area (Å²) in [5, 5.41) is 11.3. The summed E-state index contributed by atoms with van der Waals surface area (Å²) in [6.45, 7) is 4.74. The number of hydrogen-bond acceptors (Lipinski definition) is 6. The maximum Gasteiger partial charge on any atom is 0.295 e. The van der Waals surface area contributed by atoms with Gasteiger partial charge in [0, 0.05) is 18.7 Å². The molecule has 0 aromatic heterocycles. The monoisotopic (exact) mass is 500 g/mol. The van der Waals surface area contributed by atoms with Crippen LogP contribution in [0.3, 0.4) is 0 Å². The van der Waals surface area contributed by atoms with Gasteiger partial charge in [-0.05, 0) is 82.0 Å². The van der Waals surface area contributed by atoms with E-state index in [9.17, 15) is 14.7 Å². The zero-order valence-electron chi connectivity index (χ0n) is 21.5. The first-order valence-electron chi connectivity index (χ1n) is 12.3. The molecule has 37 heavy (non-hydrogen) atoms. The van der Waals surface area contributed by atoms with E-state index in [2.05, 4.69) is 0 Å². The summed E-state index contributed by atoms with van der Waals surface area (Å²) in [4.78, 5) is 29.9. The molecule has 1 N–H and O–H groups in total. The van der Waals surface area contributed by atoms with Crippen LogP contribution >= 0.6 is 0 Å². The molecule has 1 saturated heterocycles. The average Bonchev–Trinajstić information content (AvgIpc) is 3.13. The number of Topliss-reactive ketones (excluding diaryl/α,β-unsaturated/α-hetero) is 1. The molecule has 1 amide bonds. The van der Waals surface area contributed by atoms with Crippen molar-refractivity contribution in [2.75, 3.05) is 27.2 Å². The molecule has 7 heteroatoms. The molecule has 0 saturated carbocycles. The molecule has 1 fully saturated rings. The fraction of sp³-hybridized carbons (Fsp3) is 0.267. The van der Waals surface area contributed by atoms with E-state index >= 15 is 0 Å². The number of aliphatic hydroxyl groups is 1. The fourth-order valence-corrected chi connectivity index (χ4v) is 4.26. The van der Waals surface area contributed by atoms with Gasteiger partial charge in [0.05, 0.1) is 17.7 Å². The molecule has 0 unspecified atom stereocenters. The summed E-state index contributed by atoms with van der Waals surface area (Å²) in [6.07, 6.45) is 0.00634. The first kappa shape index (κ1) is 26.0. The molecule has 0 spiro atoms. The summed E-state index contributed by atoms with van der Waals surface area (Å²) in [5.41, 5.74) is 1.16. The Hall–Kier alpha value is -4.10. The minimum absolute atomic E-state index is 0.00634. The number of amides is 1. The third-order valence-corrected chi connectivity index (χ3v) is 5.98. The van der Waals surface area contributed by atoms with Crippen molar-refractivity contribution in [1.29, 1.82) is 0 Å². The zero-order chi connectivity index (χ0) is 26.5. The van der Waals surface area contributed by atoms with E-state index < -0.39 is 17.7 Å². The van der Waals surface area contributed by atoms with Crippen LogP contribution in [-0.4, -0.2) is 59.9 Å². The van der Waals surface area contributed by atoms with Gasteiger partial charge in [-0.25, -0.2) is 0 Å². The number of benzene rings is 3. The predicted octanol–water partition coefficient (Wildman–Crippen LogP) is 5.25. The van der Waals surface area contributed by atoms with Crippen molar-refractivity contribution in [1.82, 2.24) is 9.80 Å².